The van der Waals surface area contributed by atoms with E-state index < -0.39 is 72.8 Å². The van der Waals surface area contributed by atoms with Gasteiger partial charge in [-0.25, -0.2) is 4.79 Å². The number of hydrogen-bond donors (Lipinski definition) is 8. The smallest absolute Gasteiger partial charge is 0.326 e. The minimum absolute atomic E-state index is 0.00662. The van der Waals surface area contributed by atoms with E-state index in [1.807, 2.05) is 13.8 Å². The van der Waals surface area contributed by atoms with E-state index in [-0.39, 0.29) is 30.9 Å². The third-order valence-electron chi connectivity index (χ3n) is 6.55. The van der Waals surface area contributed by atoms with Crippen molar-refractivity contribution in [3.63, 3.8) is 0 Å². The Morgan fingerprint density at radius 2 is 1.20 bits per heavy atom. The minimum Gasteiger partial charge on any atom is -0.508 e. The fourth-order valence-electron chi connectivity index (χ4n) is 4.18. The summed E-state index contributed by atoms with van der Waals surface area (Å²) in [6.45, 7) is 4.05. The van der Waals surface area contributed by atoms with Crippen molar-refractivity contribution in [2.75, 3.05) is 13.1 Å². The van der Waals surface area contributed by atoms with Crippen LogP contribution in [0.2, 0.25) is 0 Å². The van der Waals surface area contributed by atoms with Crippen molar-refractivity contribution < 1.29 is 39.0 Å². The molecule has 244 valence electrons. The van der Waals surface area contributed by atoms with Crippen LogP contribution in [0.15, 0.2) is 54.6 Å². The van der Waals surface area contributed by atoms with Gasteiger partial charge in [0, 0.05) is 12.8 Å². The van der Waals surface area contributed by atoms with E-state index in [9.17, 15) is 39.0 Å². The van der Waals surface area contributed by atoms with Gasteiger partial charge in [-0.1, -0.05) is 56.3 Å². The highest BCUT2D eigenvalue weighted by molar-refractivity contribution is 5.94. The van der Waals surface area contributed by atoms with Gasteiger partial charge in [0.05, 0.1) is 19.1 Å². The largest absolute Gasteiger partial charge is 0.508 e. The van der Waals surface area contributed by atoms with Gasteiger partial charge in [-0.2, -0.15) is 0 Å². The second-order valence-electron chi connectivity index (χ2n) is 11.1. The maximum Gasteiger partial charge on any atom is 0.326 e. The number of phenols is 1. The maximum atomic E-state index is 13.1. The Labute approximate surface area is 261 Å². The standard InChI is InChI=1S/C31H42N6O8/c1-18(2)13-25(31(44)45)37-30(43)24(14-20-7-5-4-6-8-20)35-27(40)17-33-26(39)16-34-29(42)23(36-28(41)19(3)32)15-21-9-11-22(38)12-10-21/h4-12,18-19,23-25,38H,13-17,32H2,1-3H3,(H,33,39)(H,34,42)(H,35,40)(H,36,41)(H,37,43)(H,44,45)/t19-,23-,24-,25-/m0/s1. The quantitative estimate of drug-likeness (QED) is 0.111. The van der Waals surface area contributed by atoms with Gasteiger partial charge in [0.25, 0.3) is 0 Å². The van der Waals surface area contributed by atoms with Gasteiger partial charge >= 0.3 is 5.97 Å². The lowest BCUT2D eigenvalue weighted by Crippen LogP contribution is -2.55. The Morgan fingerprint density at radius 3 is 1.76 bits per heavy atom. The summed E-state index contributed by atoms with van der Waals surface area (Å²) in [6.07, 6.45) is 0.324. The van der Waals surface area contributed by atoms with Crippen LogP contribution < -0.4 is 32.3 Å². The fourth-order valence-corrected chi connectivity index (χ4v) is 4.18. The van der Waals surface area contributed by atoms with E-state index in [1.54, 1.807) is 42.5 Å². The predicted molar refractivity (Wildman–Crippen MR) is 165 cm³/mol. The number of carboxylic acids is 1. The lowest BCUT2D eigenvalue weighted by molar-refractivity contribution is -0.142. The van der Waals surface area contributed by atoms with Crippen LogP contribution >= 0.6 is 0 Å². The first-order chi connectivity index (χ1) is 21.2. The van der Waals surface area contributed by atoms with Gasteiger partial charge in [0.2, 0.25) is 29.5 Å². The van der Waals surface area contributed by atoms with Gasteiger partial charge in [0.15, 0.2) is 0 Å². The van der Waals surface area contributed by atoms with E-state index in [0.717, 1.165) is 5.56 Å². The zero-order valence-electron chi connectivity index (χ0n) is 25.5. The molecule has 14 nitrogen and oxygen atoms in total. The third kappa shape index (κ3) is 13.5. The summed E-state index contributed by atoms with van der Waals surface area (Å²) in [5.41, 5.74) is 6.96. The normalized spacial score (nSPS) is 13.4. The lowest BCUT2D eigenvalue weighted by atomic mass is 10.0. The zero-order valence-corrected chi connectivity index (χ0v) is 25.5. The van der Waals surface area contributed by atoms with Crippen molar-refractivity contribution in [2.24, 2.45) is 11.7 Å². The highest BCUT2D eigenvalue weighted by Gasteiger charge is 2.28. The second kappa shape index (κ2) is 18.0. The van der Waals surface area contributed by atoms with Crippen molar-refractivity contribution in [1.82, 2.24) is 26.6 Å². The summed E-state index contributed by atoms with van der Waals surface area (Å²) in [5, 5.41) is 31.4. The molecule has 0 aliphatic rings. The number of carboxylic acid groups (broad SMARTS) is 1. The molecule has 0 bridgehead atoms. The molecule has 2 aromatic rings. The van der Waals surface area contributed by atoms with Crippen molar-refractivity contribution in [2.45, 2.75) is 64.2 Å². The van der Waals surface area contributed by atoms with Crippen molar-refractivity contribution in [3.05, 3.63) is 65.7 Å². The molecule has 0 aliphatic carbocycles. The van der Waals surface area contributed by atoms with Crippen molar-refractivity contribution in [3.8, 4) is 5.75 Å². The first-order valence-electron chi connectivity index (χ1n) is 14.5. The number of rotatable bonds is 17. The van der Waals surface area contributed by atoms with Crippen LogP contribution in [0.1, 0.15) is 38.3 Å². The molecule has 0 spiro atoms. The molecular formula is C31H42N6O8. The van der Waals surface area contributed by atoms with Gasteiger partial charge in [-0.15, -0.1) is 0 Å². The Bertz CT molecular complexity index is 1320. The molecule has 0 unspecified atom stereocenters. The summed E-state index contributed by atoms with van der Waals surface area (Å²) in [4.78, 5) is 74.9. The first-order valence-corrected chi connectivity index (χ1v) is 14.5. The number of aromatic hydroxyl groups is 1. The fraction of sp³-hybridized carbons (Fsp3) is 0.419. The van der Waals surface area contributed by atoms with Crippen molar-refractivity contribution in [1.29, 1.82) is 0 Å². The van der Waals surface area contributed by atoms with Gasteiger partial charge in [-0.05, 0) is 42.5 Å². The Kier molecular flexibility index (Phi) is 14.5. The molecule has 0 saturated carbocycles. The molecule has 0 fully saturated rings. The van der Waals surface area contributed by atoms with Crippen LogP contribution in [0.3, 0.4) is 0 Å². The molecule has 2 aromatic carbocycles. The third-order valence-corrected chi connectivity index (χ3v) is 6.55. The SMILES string of the molecule is CC(C)C[C@H](NC(=O)[C@H](Cc1ccccc1)NC(=O)CNC(=O)CNC(=O)[C@H](Cc1ccc(O)cc1)NC(=O)[C@H](C)N)C(=O)O. The van der Waals surface area contributed by atoms with E-state index in [2.05, 4.69) is 26.6 Å². The molecule has 14 heteroatoms. The van der Waals surface area contributed by atoms with Gasteiger partial charge in [-0.3, -0.25) is 24.0 Å². The molecule has 4 atom stereocenters. The number of aliphatic carboxylic acids is 1. The van der Waals surface area contributed by atoms with Crippen LogP contribution in [-0.2, 0) is 41.6 Å². The molecule has 0 aromatic heterocycles. The van der Waals surface area contributed by atoms with E-state index >= 15 is 0 Å². The number of phenolic OH excluding ortho intramolecular Hbond substituents is 1. The molecule has 0 saturated heterocycles. The van der Waals surface area contributed by atoms with E-state index in [1.165, 1.54) is 19.1 Å². The van der Waals surface area contributed by atoms with E-state index in [4.69, 9.17) is 5.73 Å². The number of benzene rings is 2. The van der Waals surface area contributed by atoms with Crippen LogP contribution in [0.5, 0.6) is 5.75 Å². The number of nitrogens with two attached hydrogens (primary N) is 1. The number of hydrogen-bond acceptors (Lipinski definition) is 8. The highest BCUT2D eigenvalue weighted by Crippen LogP contribution is 2.12. The van der Waals surface area contributed by atoms with Crippen molar-refractivity contribution >= 4 is 35.5 Å². The van der Waals surface area contributed by atoms with Crippen LogP contribution in [0, 0.1) is 5.92 Å². The summed E-state index contributed by atoms with van der Waals surface area (Å²) >= 11 is 0. The average molecular weight is 627 g/mol. The number of carbonyl (C=O) groups is 6. The summed E-state index contributed by atoms with van der Waals surface area (Å²) in [7, 11) is 0. The first kappa shape index (κ1) is 36.2. The van der Waals surface area contributed by atoms with E-state index in [0.29, 0.717) is 5.56 Å². The molecule has 0 heterocycles. The summed E-state index contributed by atoms with van der Waals surface area (Å²) in [6, 6.07) is 10.6. The molecule has 45 heavy (non-hydrogen) atoms. The molecule has 0 radical (unpaired) electrons. The highest BCUT2D eigenvalue weighted by atomic mass is 16.4. The Hall–Kier alpha value is -4.98. The predicted octanol–water partition coefficient (Wildman–Crippen LogP) is -0.658. The summed E-state index contributed by atoms with van der Waals surface area (Å²) < 4.78 is 0. The maximum absolute atomic E-state index is 13.1. The lowest BCUT2D eigenvalue weighted by Gasteiger charge is -2.22. The Morgan fingerprint density at radius 1 is 0.667 bits per heavy atom. The van der Waals surface area contributed by atoms with Crippen LogP contribution in [0.25, 0.3) is 0 Å². The van der Waals surface area contributed by atoms with Gasteiger partial charge in [0.1, 0.15) is 23.9 Å². The summed E-state index contributed by atoms with van der Waals surface area (Å²) in [5.74, 6) is -4.54. The molecular weight excluding hydrogens is 584 g/mol. The topological polar surface area (TPSA) is 229 Å². The van der Waals surface area contributed by atoms with Crippen LogP contribution in [0.4, 0.5) is 0 Å². The second-order valence-corrected chi connectivity index (χ2v) is 11.1. The Balaban J connectivity index is 1.98. The van der Waals surface area contributed by atoms with Gasteiger partial charge < -0.3 is 42.5 Å². The molecule has 9 N–H and O–H groups in total. The molecule has 5 amide bonds. The van der Waals surface area contributed by atoms with Crippen LogP contribution in [-0.4, -0.2) is 83.0 Å². The molecule has 2 rings (SSSR count). The number of nitrogens with one attached hydrogen (secondary N) is 5. The monoisotopic (exact) mass is 626 g/mol. The average Bonchev–Trinajstić information content (AvgIpc) is 2.98. The number of amides is 5. The minimum atomic E-state index is -1.20. The zero-order chi connectivity index (χ0) is 33.5. The number of carbonyl (C=O) groups excluding carboxylic acids is 5. The molecule has 0 aliphatic heterocycles.